The summed E-state index contributed by atoms with van der Waals surface area (Å²) in [5.41, 5.74) is 1.31. The molecular weight excluding hydrogens is 328 g/mol. The molecule has 2 nitrogen and oxygen atoms in total. The van der Waals surface area contributed by atoms with E-state index in [4.69, 9.17) is 4.74 Å². The minimum atomic E-state index is -0.0981. The van der Waals surface area contributed by atoms with E-state index >= 15 is 0 Å². The Kier molecular flexibility index (Phi) is 5.67. The Morgan fingerprint density at radius 1 is 0.800 bits per heavy atom. The number of aromatic hydroxyl groups is 1. The fourth-order valence-electron chi connectivity index (χ4n) is 2.61. The van der Waals surface area contributed by atoms with Crippen molar-refractivity contribution in [3.63, 3.8) is 0 Å². The lowest BCUT2D eigenvalue weighted by molar-refractivity contribution is 0.242. The predicted octanol–water partition coefficient (Wildman–Crippen LogP) is 5.42. The molecule has 0 spiro atoms. The highest BCUT2D eigenvalue weighted by Crippen LogP contribution is 2.29. The van der Waals surface area contributed by atoms with Crippen LogP contribution in [-0.2, 0) is 16.6 Å². The molecule has 0 heterocycles. The SMILES string of the molecule is CC(C)Oc1ccc([S+](Cc2ccccc2)c2ccc(O)cc2)cc1. The minimum Gasteiger partial charge on any atom is -0.508 e. The van der Waals surface area contributed by atoms with Crippen molar-refractivity contribution in [1.29, 1.82) is 0 Å². The van der Waals surface area contributed by atoms with Gasteiger partial charge in [-0.25, -0.2) is 0 Å². The van der Waals surface area contributed by atoms with E-state index in [2.05, 4.69) is 36.4 Å². The number of rotatable bonds is 6. The Hall–Kier alpha value is -2.39. The van der Waals surface area contributed by atoms with Crippen LogP contribution in [0.3, 0.4) is 0 Å². The molecule has 0 aliphatic rings. The predicted molar refractivity (Wildman–Crippen MR) is 104 cm³/mol. The van der Waals surface area contributed by atoms with Crippen LogP contribution in [0.2, 0.25) is 0 Å². The molecule has 0 aliphatic carbocycles. The summed E-state index contributed by atoms with van der Waals surface area (Å²) in [5, 5.41) is 9.61. The molecule has 0 aromatic heterocycles. The maximum absolute atomic E-state index is 9.61. The largest absolute Gasteiger partial charge is 0.508 e. The van der Waals surface area contributed by atoms with E-state index in [0.29, 0.717) is 5.75 Å². The number of phenols is 1. The standard InChI is InChI=1S/C22H22O2S/c1-17(2)24-20-10-14-22(15-11-20)25(16-18-6-4-3-5-7-18)21-12-8-19(23)9-13-21/h3-15,17H,16H2,1-2H3/p+1. The quantitative estimate of drug-likeness (QED) is 0.601. The Bertz CT molecular complexity index is 781. The highest BCUT2D eigenvalue weighted by Gasteiger charge is 2.26. The van der Waals surface area contributed by atoms with Crippen molar-refractivity contribution >= 4 is 10.9 Å². The van der Waals surface area contributed by atoms with Crippen molar-refractivity contribution in [2.45, 2.75) is 35.5 Å². The summed E-state index contributed by atoms with van der Waals surface area (Å²) in [4.78, 5) is 2.49. The summed E-state index contributed by atoms with van der Waals surface area (Å²) in [6.07, 6.45) is 0.172. The molecule has 1 N–H and O–H groups in total. The van der Waals surface area contributed by atoms with Crippen LogP contribution in [0, 0.1) is 0 Å². The van der Waals surface area contributed by atoms with Crippen LogP contribution < -0.4 is 4.74 Å². The molecule has 0 amide bonds. The minimum absolute atomic E-state index is 0.0981. The second-order valence-corrected chi connectivity index (χ2v) is 8.17. The van der Waals surface area contributed by atoms with Gasteiger partial charge in [0.2, 0.25) is 0 Å². The number of ether oxygens (including phenoxy) is 1. The van der Waals surface area contributed by atoms with Gasteiger partial charge in [0.05, 0.1) is 17.0 Å². The monoisotopic (exact) mass is 351 g/mol. The van der Waals surface area contributed by atoms with E-state index in [1.165, 1.54) is 15.4 Å². The third-order valence-corrected chi connectivity index (χ3v) is 6.06. The third-order valence-electron chi connectivity index (χ3n) is 3.76. The zero-order chi connectivity index (χ0) is 17.6. The smallest absolute Gasteiger partial charge is 0.161 e. The lowest BCUT2D eigenvalue weighted by Gasteiger charge is -2.11. The molecule has 1 atom stereocenters. The first-order valence-electron chi connectivity index (χ1n) is 8.42. The number of phenolic OH excluding ortho intramolecular Hbond substituents is 1. The first-order valence-corrected chi connectivity index (χ1v) is 9.82. The molecule has 0 bridgehead atoms. The fourth-order valence-corrected chi connectivity index (χ4v) is 4.67. The molecule has 0 saturated carbocycles. The van der Waals surface area contributed by atoms with Crippen LogP contribution in [0.1, 0.15) is 19.4 Å². The topological polar surface area (TPSA) is 29.5 Å². The molecule has 0 saturated heterocycles. The van der Waals surface area contributed by atoms with Crippen LogP contribution >= 0.6 is 0 Å². The Balaban J connectivity index is 1.91. The molecule has 0 fully saturated rings. The summed E-state index contributed by atoms with van der Waals surface area (Å²) >= 11 is 0. The van der Waals surface area contributed by atoms with E-state index in [1.54, 1.807) is 12.1 Å². The van der Waals surface area contributed by atoms with Crippen molar-refractivity contribution in [2.75, 3.05) is 0 Å². The molecule has 128 valence electrons. The van der Waals surface area contributed by atoms with Gasteiger partial charge in [-0.3, -0.25) is 0 Å². The van der Waals surface area contributed by atoms with E-state index in [0.717, 1.165) is 11.5 Å². The molecule has 0 radical (unpaired) electrons. The normalized spacial score (nSPS) is 12.1. The van der Waals surface area contributed by atoms with Crippen LogP contribution in [0.25, 0.3) is 0 Å². The van der Waals surface area contributed by atoms with Crippen molar-refractivity contribution in [3.8, 4) is 11.5 Å². The number of hydrogen-bond acceptors (Lipinski definition) is 2. The molecule has 1 unspecified atom stereocenters. The van der Waals surface area contributed by atoms with Crippen LogP contribution in [-0.4, -0.2) is 11.2 Å². The lowest BCUT2D eigenvalue weighted by Crippen LogP contribution is -2.08. The maximum Gasteiger partial charge on any atom is 0.161 e. The summed E-state index contributed by atoms with van der Waals surface area (Å²) in [6.45, 7) is 4.06. The van der Waals surface area contributed by atoms with E-state index in [9.17, 15) is 5.11 Å². The van der Waals surface area contributed by atoms with Gasteiger partial charge in [0.1, 0.15) is 17.3 Å². The van der Waals surface area contributed by atoms with Crippen molar-refractivity contribution in [2.24, 2.45) is 0 Å². The summed E-state index contributed by atoms with van der Waals surface area (Å²) < 4.78 is 5.76. The van der Waals surface area contributed by atoms with Crippen molar-refractivity contribution in [3.05, 3.63) is 84.4 Å². The van der Waals surface area contributed by atoms with Gasteiger partial charge < -0.3 is 9.84 Å². The third kappa shape index (κ3) is 4.80. The second kappa shape index (κ2) is 8.13. The average molecular weight is 351 g/mol. The number of benzene rings is 3. The van der Waals surface area contributed by atoms with Crippen LogP contribution in [0.5, 0.6) is 11.5 Å². The van der Waals surface area contributed by atoms with E-state index in [-0.39, 0.29) is 17.0 Å². The molecule has 25 heavy (non-hydrogen) atoms. The van der Waals surface area contributed by atoms with Crippen LogP contribution in [0.15, 0.2) is 88.7 Å². The van der Waals surface area contributed by atoms with Gasteiger partial charge in [-0.15, -0.1) is 0 Å². The Labute approximate surface area is 152 Å². The highest BCUT2D eigenvalue weighted by atomic mass is 32.2. The van der Waals surface area contributed by atoms with Gasteiger partial charge in [0.25, 0.3) is 0 Å². The Morgan fingerprint density at radius 3 is 1.92 bits per heavy atom. The van der Waals surface area contributed by atoms with Crippen LogP contribution in [0.4, 0.5) is 0 Å². The van der Waals surface area contributed by atoms with Gasteiger partial charge in [0, 0.05) is 5.56 Å². The first kappa shape index (κ1) is 17.4. The summed E-state index contributed by atoms with van der Waals surface area (Å²) in [7, 11) is -0.0981. The zero-order valence-electron chi connectivity index (χ0n) is 14.6. The molecule has 3 aromatic carbocycles. The lowest BCUT2D eigenvalue weighted by atomic mass is 10.2. The van der Waals surface area contributed by atoms with E-state index < -0.39 is 0 Å². The fraction of sp³-hybridized carbons (Fsp3) is 0.182. The molecular formula is C22H23O2S+. The van der Waals surface area contributed by atoms with Gasteiger partial charge >= 0.3 is 0 Å². The molecule has 3 aromatic rings. The molecule has 3 heteroatoms. The average Bonchev–Trinajstić information content (AvgIpc) is 2.62. The van der Waals surface area contributed by atoms with Crippen molar-refractivity contribution in [1.82, 2.24) is 0 Å². The van der Waals surface area contributed by atoms with Crippen molar-refractivity contribution < 1.29 is 9.84 Å². The Morgan fingerprint density at radius 2 is 1.36 bits per heavy atom. The van der Waals surface area contributed by atoms with Gasteiger partial charge in [-0.05, 0) is 62.4 Å². The van der Waals surface area contributed by atoms with Gasteiger partial charge in [-0.2, -0.15) is 0 Å². The maximum atomic E-state index is 9.61. The zero-order valence-corrected chi connectivity index (χ0v) is 15.4. The highest BCUT2D eigenvalue weighted by molar-refractivity contribution is 7.96. The summed E-state index contributed by atoms with van der Waals surface area (Å²) in [6, 6.07) is 26.5. The van der Waals surface area contributed by atoms with E-state index in [1.807, 2.05) is 44.2 Å². The second-order valence-electron chi connectivity index (χ2n) is 6.15. The van der Waals surface area contributed by atoms with Gasteiger partial charge in [0.15, 0.2) is 9.79 Å². The first-order chi connectivity index (χ1) is 12.1. The summed E-state index contributed by atoms with van der Waals surface area (Å²) in [5.74, 6) is 2.14. The molecule has 3 rings (SSSR count). The molecule has 0 aliphatic heterocycles. The number of hydrogen-bond donors (Lipinski definition) is 1. The van der Waals surface area contributed by atoms with Gasteiger partial charge in [-0.1, -0.05) is 30.3 Å².